The van der Waals surface area contributed by atoms with Crippen LogP contribution in [-0.4, -0.2) is 25.4 Å². The maximum absolute atomic E-state index is 11.9. The second-order valence-electron chi connectivity index (χ2n) is 8.69. The second kappa shape index (κ2) is 10.9. The molecule has 0 radical (unpaired) electrons. The zero-order valence-electron chi connectivity index (χ0n) is 18.9. The number of nitrogen functional groups attached to an aromatic ring is 1. The molecule has 0 fully saturated rings. The number of benzene rings is 2. The predicted molar refractivity (Wildman–Crippen MR) is 132 cm³/mol. The van der Waals surface area contributed by atoms with E-state index in [1.807, 2.05) is 69.3 Å². The molecular formula is C24H28N3O4S2-. The summed E-state index contributed by atoms with van der Waals surface area (Å²) in [6, 6.07) is 15.2. The first kappa shape index (κ1) is 24.9. The zero-order valence-corrected chi connectivity index (χ0v) is 20.6. The SMILES string of the molecule is CC(C)(C)OC(=O)Nc1ccc(CCc2nc(N)sc2Cc2ccc(CS(=O)[O-])cc2)cc1. The lowest BCUT2D eigenvalue weighted by molar-refractivity contribution is 0.0636. The number of ether oxygens (including phenoxy) is 1. The monoisotopic (exact) mass is 486 g/mol. The topological polar surface area (TPSA) is 117 Å². The van der Waals surface area contributed by atoms with Crippen LogP contribution in [0, 0.1) is 0 Å². The van der Waals surface area contributed by atoms with Crippen LogP contribution in [0.5, 0.6) is 0 Å². The highest BCUT2D eigenvalue weighted by molar-refractivity contribution is 7.78. The Morgan fingerprint density at radius 3 is 2.27 bits per heavy atom. The number of nitrogens with two attached hydrogens (primary N) is 1. The quantitative estimate of drug-likeness (QED) is 0.441. The molecule has 3 aromatic rings. The van der Waals surface area contributed by atoms with Gasteiger partial charge in [0.15, 0.2) is 5.13 Å². The molecule has 0 aliphatic heterocycles. The number of hydrogen-bond donors (Lipinski definition) is 2. The fourth-order valence-electron chi connectivity index (χ4n) is 3.25. The molecule has 0 aliphatic carbocycles. The fraction of sp³-hybridized carbons (Fsp3) is 0.333. The summed E-state index contributed by atoms with van der Waals surface area (Å²) in [5.74, 6) is 0.0190. The van der Waals surface area contributed by atoms with Gasteiger partial charge >= 0.3 is 6.09 Å². The summed E-state index contributed by atoms with van der Waals surface area (Å²) in [5.41, 5.74) is 10.0. The first-order chi connectivity index (χ1) is 15.6. The first-order valence-corrected chi connectivity index (χ1v) is 12.6. The summed E-state index contributed by atoms with van der Waals surface area (Å²) in [7, 11) is 0. The van der Waals surface area contributed by atoms with Crippen LogP contribution < -0.4 is 11.1 Å². The summed E-state index contributed by atoms with van der Waals surface area (Å²) in [5, 5.41) is 3.27. The Hall–Kier alpha value is -2.75. The number of amides is 1. The number of nitrogens with zero attached hydrogens (tertiary/aromatic N) is 1. The Labute approximate surface area is 200 Å². The highest BCUT2D eigenvalue weighted by Gasteiger charge is 2.16. The van der Waals surface area contributed by atoms with Crippen LogP contribution in [0.2, 0.25) is 0 Å². The molecule has 0 saturated heterocycles. The summed E-state index contributed by atoms with van der Waals surface area (Å²) in [6.07, 6.45) is 1.75. The van der Waals surface area contributed by atoms with Gasteiger partial charge in [0, 0.05) is 22.7 Å². The van der Waals surface area contributed by atoms with E-state index in [-0.39, 0.29) is 5.75 Å². The number of nitrogens with one attached hydrogen (secondary N) is 1. The van der Waals surface area contributed by atoms with Gasteiger partial charge < -0.3 is 15.0 Å². The van der Waals surface area contributed by atoms with Crippen molar-refractivity contribution in [3.8, 4) is 0 Å². The molecule has 33 heavy (non-hydrogen) atoms. The average Bonchev–Trinajstić information content (AvgIpc) is 3.06. The molecule has 1 amide bonds. The average molecular weight is 487 g/mol. The van der Waals surface area contributed by atoms with Crippen molar-refractivity contribution in [1.82, 2.24) is 4.98 Å². The van der Waals surface area contributed by atoms with Crippen molar-refractivity contribution in [2.45, 2.75) is 51.4 Å². The van der Waals surface area contributed by atoms with E-state index in [0.717, 1.165) is 40.1 Å². The Bertz CT molecular complexity index is 1100. The van der Waals surface area contributed by atoms with Gasteiger partial charge in [0.25, 0.3) is 0 Å². The van der Waals surface area contributed by atoms with Gasteiger partial charge in [-0.3, -0.25) is 9.53 Å². The number of thiazole rings is 1. The molecule has 1 unspecified atom stereocenters. The van der Waals surface area contributed by atoms with Crippen LogP contribution in [-0.2, 0) is 40.8 Å². The van der Waals surface area contributed by atoms with Crippen LogP contribution >= 0.6 is 11.3 Å². The van der Waals surface area contributed by atoms with E-state index >= 15 is 0 Å². The van der Waals surface area contributed by atoms with E-state index in [0.29, 0.717) is 17.2 Å². The number of carbonyl (C=O) groups excluding carboxylic acids is 1. The lowest BCUT2D eigenvalue weighted by Gasteiger charge is -2.19. The van der Waals surface area contributed by atoms with Crippen molar-refractivity contribution in [2.24, 2.45) is 0 Å². The van der Waals surface area contributed by atoms with Crippen molar-refractivity contribution in [2.75, 3.05) is 11.1 Å². The van der Waals surface area contributed by atoms with Crippen molar-refractivity contribution in [3.63, 3.8) is 0 Å². The molecular weight excluding hydrogens is 458 g/mol. The number of rotatable bonds is 8. The molecule has 176 valence electrons. The maximum Gasteiger partial charge on any atom is 0.412 e. The number of aromatic nitrogens is 1. The van der Waals surface area contributed by atoms with Crippen molar-refractivity contribution < 1.29 is 18.3 Å². The molecule has 2 aromatic carbocycles. The van der Waals surface area contributed by atoms with Crippen molar-refractivity contribution in [1.29, 1.82) is 0 Å². The van der Waals surface area contributed by atoms with Gasteiger partial charge in [-0.15, -0.1) is 11.3 Å². The van der Waals surface area contributed by atoms with E-state index in [1.165, 1.54) is 11.3 Å². The Morgan fingerprint density at radius 2 is 1.67 bits per heavy atom. The van der Waals surface area contributed by atoms with Gasteiger partial charge in [-0.25, -0.2) is 9.78 Å². The second-order valence-corrected chi connectivity index (χ2v) is 10.7. The van der Waals surface area contributed by atoms with Gasteiger partial charge in [-0.1, -0.05) is 47.5 Å². The lowest BCUT2D eigenvalue weighted by Crippen LogP contribution is -2.27. The summed E-state index contributed by atoms with van der Waals surface area (Å²) >= 11 is -0.613. The summed E-state index contributed by atoms with van der Waals surface area (Å²) in [6.45, 7) is 5.47. The number of aryl methyl sites for hydroxylation is 2. The van der Waals surface area contributed by atoms with E-state index < -0.39 is 22.8 Å². The van der Waals surface area contributed by atoms with E-state index in [4.69, 9.17) is 10.5 Å². The maximum atomic E-state index is 11.9. The molecule has 0 spiro atoms. The molecule has 0 bridgehead atoms. The normalized spacial score (nSPS) is 12.4. The Balaban J connectivity index is 1.58. The number of hydrogen-bond acceptors (Lipinski definition) is 7. The van der Waals surface area contributed by atoms with Gasteiger partial charge in [0.05, 0.1) is 5.69 Å². The van der Waals surface area contributed by atoms with Gasteiger partial charge in [0.2, 0.25) is 0 Å². The van der Waals surface area contributed by atoms with Gasteiger partial charge in [-0.2, -0.15) is 0 Å². The van der Waals surface area contributed by atoms with Gasteiger partial charge in [0.1, 0.15) is 5.60 Å². The fourth-order valence-corrected chi connectivity index (χ4v) is 4.63. The smallest absolute Gasteiger partial charge is 0.412 e. The molecule has 3 N–H and O–H groups in total. The van der Waals surface area contributed by atoms with Crippen LogP contribution in [0.4, 0.5) is 15.6 Å². The van der Waals surface area contributed by atoms with Gasteiger partial charge in [-0.05, 0) is 62.4 Å². The first-order valence-electron chi connectivity index (χ1n) is 10.5. The molecule has 1 aromatic heterocycles. The molecule has 1 atom stereocenters. The van der Waals surface area contributed by atoms with Crippen LogP contribution in [0.25, 0.3) is 0 Å². The van der Waals surface area contributed by atoms with E-state index in [1.54, 1.807) is 0 Å². The molecule has 1 heterocycles. The van der Waals surface area contributed by atoms with Crippen LogP contribution in [0.3, 0.4) is 0 Å². The lowest BCUT2D eigenvalue weighted by atomic mass is 10.0. The highest BCUT2D eigenvalue weighted by atomic mass is 32.2. The van der Waals surface area contributed by atoms with Crippen LogP contribution in [0.1, 0.15) is 48.0 Å². The van der Waals surface area contributed by atoms with E-state index in [2.05, 4.69) is 10.3 Å². The summed E-state index contributed by atoms with van der Waals surface area (Å²) < 4.78 is 27.0. The van der Waals surface area contributed by atoms with Crippen molar-refractivity contribution in [3.05, 3.63) is 75.8 Å². The molecule has 0 saturated carbocycles. The molecule has 3 rings (SSSR count). The highest BCUT2D eigenvalue weighted by Crippen LogP contribution is 2.25. The third kappa shape index (κ3) is 8.27. The molecule has 9 heteroatoms. The minimum absolute atomic E-state index is 0.0190. The van der Waals surface area contributed by atoms with E-state index in [9.17, 15) is 13.6 Å². The minimum Gasteiger partial charge on any atom is -0.772 e. The van der Waals surface area contributed by atoms with Crippen molar-refractivity contribution >= 4 is 39.3 Å². The third-order valence-corrected chi connectivity index (χ3v) is 6.21. The Kier molecular flexibility index (Phi) is 8.23. The Morgan fingerprint density at radius 1 is 1.06 bits per heavy atom. The minimum atomic E-state index is -2.09. The molecule has 7 nitrogen and oxygen atoms in total. The zero-order chi connectivity index (χ0) is 24.0. The molecule has 0 aliphatic rings. The standard InChI is InChI=1S/C24H29N3O4S2/c1-24(2,3)31-23(28)26-19-11-8-16(9-12-19)10-13-20-21(32-22(25)27-20)14-17-4-6-18(7-5-17)15-33(29)30/h4-9,11-12H,10,13-15H2,1-3H3,(H2,25,27)(H,26,28)(H,29,30)/p-1. The number of anilines is 2. The predicted octanol–water partition coefficient (Wildman–Crippen LogP) is 4.83. The van der Waals surface area contributed by atoms with Crippen LogP contribution in [0.15, 0.2) is 48.5 Å². The number of carbonyl (C=O) groups is 1. The largest absolute Gasteiger partial charge is 0.772 e. The third-order valence-electron chi connectivity index (χ3n) is 4.72. The summed E-state index contributed by atoms with van der Waals surface area (Å²) in [4.78, 5) is 17.5.